The topological polar surface area (TPSA) is 75.6 Å². The molecule has 0 spiro atoms. The molecule has 0 aliphatic heterocycles. The van der Waals surface area contributed by atoms with E-state index in [-0.39, 0.29) is 13.0 Å². The molecule has 0 saturated carbocycles. The van der Waals surface area contributed by atoms with Gasteiger partial charge in [-0.3, -0.25) is 10.1 Å². The van der Waals surface area contributed by atoms with Crippen LogP contribution in [0.25, 0.3) is 0 Å². The van der Waals surface area contributed by atoms with Crippen LogP contribution in [-0.2, 0) is 16.1 Å². The second kappa shape index (κ2) is 7.89. The zero-order chi connectivity index (χ0) is 13.2. The maximum atomic E-state index is 11.2. The van der Waals surface area contributed by atoms with Crippen LogP contribution < -0.4 is 5.32 Å². The molecule has 1 rings (SSSR count). The first kappa shape index (κ1) is 13.8. The number of carbonyl (C=O) groups excluding carboxylic acids is 1. The first-order valence-electron chi connectivity index (χ1n) is 5.52. The van der Waals surface area contributed by atoms with Crippen molar-refractivity contribution in [2.45, 2.75) is 19.4 Å². The minimum absolute atomic E-state index is 0.0389. The summed E-state index contributed by atoms with van der Waals surface area (Å²) < 4.78 is 4.94. The number of benzene rings is 1. The van der Waals surface area contributed by atoms with E-state index in [1.165, 1.54) is 6.20 Å². The van der Waals surface area contributed by atoms with Crippen LogP contribution in [-0.4, -0.2) is 17.2 Å². The zero-order valence-electron chi connectivity index (χ0n) is 9.83. The Balaban J connectivity index is 2.16. The smallest absolute Gasteiger partial charge is 0.411 e. The van der Waals surface area contributed by atoms with Crippen LogP contribution in [0.5, 0.6) is 0 Å². The van der Waals surface area contributed by atoms with Gasteiger partial charge in [-0.2, -0.15) is 0 Å². The monoisotopic (exact) mass is 249 g/mol. The molecule has 0 aliphatic carbocycles. The van der Waals surface area contributed by atoms with Gasteiger partial charge in [-0.25, -0.2) is 4.79 Å². The second-order valence-corrected chi connectivity index (χ2v) is 3.54. The minimum atomic E-state index is -0.869. The number of ether oxygens (including phenoxy) is 1. The second-order valence-electron chi connectivity index (χ2n) is 3.54. The lowest BCUT2D eigenvalue weighted by molar-refractivity contribution is -0.136. The maximum Gasteiger partial charge on any atom is 0.411 e. The van der Waals surface area contributed by atoms with Crippen LogP contribution in [0.15, 0.2) is 42.6 Å². The van der Waals surface area contributed by atoms with Crippen LogP contribution in [0.2, 0.25) is 0 Å². The van der Waals surface area contributed by atoms with E-state index in [2.05, 4.69) is 5.32 Å². The summed E-state index contributed by atoms with van der Waals surface area (Å²) >= 11 is 0. The Kier molecular flexibility index (Phi) is 6.03. The highest BCUT2D eigenvalue weighted by molar-refractivity contribution is 5.68. The molecule has 1 amide bonds. The predicted molar refractivity (Wildman–Crippen MR) is 65.8 cm³/mol. The number of hydrogen-bond donors (Lipinski definition) is 2. The van der Waals surface area contributed by atoms with E-state index in [1.54, 1.807) is 6.08 Å². The summed E-state index contributed by atoms with van der Waals surface area (Å²) in [5.74, 6) is -0.869. The van der Waals surface area contributed by atoms with Crippen molar-refractivity contribution in [2.75, 3.05) is 0 Å². The van der Waals surface area contributed by atoms with Gasteiger partial charge < -0.3 is 9.84 Å². The van der Waals surface area contributed by atoms with Gasteiger partial charge in [0.1, 0.15) is 6.61 Å². The Labute approximate surface area is 105 Å². The highest BCUT2D eigenvalue weighted by Gasteiger charge is 1.99. The summed E-state index contributed by atoms with van der Waals surface area (Å²) in [6, 6.07) is 9.32. The molecule has 0 radical (unpaired) electrons. The minimum Gasteiger partial charge on any atom is -0.481 e. The van der Waals surface area contributed by atoms with Gasteiger partial charge in [0.15, 0.2) is 0 Å². The summed E-state index contributed by atoms with van der Waals surface area (Å²) in [5, 5.41) is 10.8. The Morgan fingerprint density at radius 1 is 1.28 bits per heavy atom. The summed E-state index contributed by atoms with van der Waals surface area (Å²) in [6.45, 7) is 0.204. The molecule has 0 bridgehead atoms. The van der Waals surface area contributed by atoms with Gasteiger partial charge in [0.25, 0.3) is 0 Å². The number of carboxylic acid groups (broad SMARTS) is 1. The fourth-order valence-electron chi connectivity index (χ4n) is 1.18. The third-order valence-corrected chi connectivity index (χ3v) is 2.06. The fourth-order valence-corrected chi connectivity index (χ4v) is 1.18. The lowest BCUT2D eigenvalue weighted by atomic mass is 10.2. The molecule has 0 fully saturated rings. The van der Waals surface area contributed by atoms with E-state index in [9.17, 15) is 9.59 Å². The van der Waals surface area contributed by atoms with Crippen molar-refractivity contribution < 1.29 is 19.4 Å². The summed E-state index contributed by atoms with van der Waals surface area (Å²) in [6.07, 6.45) is 2.80. The molecular formula is C13H15NO4. The predicted octanol–water partition coefficient (Wildman–Crippen LogP) is 2.29. The average molecular weight is 249 g/mol. The van der Waals surface area contributed by atoms with Gasteiger partial charge in [0.2, 0.25) is 0 Å². The number of rotatable bonds is 6. The molecule has 0 unspecified atom stereocenters. The number of allylic oxidation sites excluding steroid dienone is 1. The fraction of sp³-hybridized carbons (Fsp3) is 0.231. The lowest BCUT2D eigenvalue weighted by Crippen LogP contribution is -2.18. The van der Waals surface area contributed by atoms with Crippen molar-refractivity contribution >= 4 is 12.1 Å². The molecular weight excluding hydrogens is 234 g/mol. The molecule has 0 atom stereocenters. The number of nitrogens with one attached hydrogen (secondary N) is 1. The molecule has 18 heavy (non-hydrogen) atoms. The summed E-state index contributed by atoms with van der Waals surface area (Å²) in [5.41, 5.74) is 0.905. The lowest BCUT2D eigenvalue weighted by Gasteiger charge is -2.03. The number of aliphatic carboxylic acids is 1. The Morgan fingerprint density at radius 2 is 2.00 bits per heavy atom. The molecule has 5 heteroatoms. The van der Waals surface area contributed by atoms with Gasteiger partial charge in [0.05, 0.1) is 0 Å². The van der Waals surface area contributed by atoms with Gasteiger partial charge in [-0.15, -0.1) is 0 Å². The third kappa shape index (κ3) is 6.32. The van der Waals surface area contributed by atoms with E-state index in [0.717, 1.165) is 5.56 Å². The number of amides is 1. The average Bonchev–Trinajstić information content (AvgIpc) is 2.37. The highest BCUT2D eigenvalue weighted by Crippen LogP contribution is 2.00. The Hall–Kier alpha value is -2.30. The van der Waals surface area contributed by atoms with E-state index < -0.39 is 12.1 Å². The van der Waals surface area contributed by atoms with Crippen molar-refractivity contribution in [3.8, 4) is 0 Å². The SMILES string of the molecule is O=C(O)CCC=CNC(=O)OCc1ccccc1. The first-order valence-corrected chi connectivity index (χ1v) is 5.52. The van der Waals surface area contributed by atoms with Crippen molar-refractivity contribution in [3.63, 3.8) is 0 Å². The maximum absolute atomic E-state index is 11.2. The zero-order valence-corrected chi connectivity index (χ0v) is 9.83. The Morgan fingerprint density at radius 3 is 2.67 bits per heavy atom. The van der Waals surface area contributed by atoms with Crippen LogP contribution in [0.3, 0.4) is 0 Å². The molecule has 96 valence electrons. The molecule has 0 aromatic heterocycles. The normalized spacial score (nSPS) is 10.2. The summed E-state index contributed by atoms with van der Waals surface area (Å²) in [4.78, 5) is 21.4. The van der Waals surface area contributed by atoms with Gasteiger partial charge in [-0.1, -0.05) is 36.4 Å². The quantitative estimate of drug-likeness (QED) is 0.811. The van der Waals surface area contributed by atoms with E-state index >= 15 is 0 Å². The molecule has 0 heterocycles. The largest absolute Gasteiger partial charge is 0.481 e. The number of carboxylic acids is 1. The molecule has 5 nitrogen and oxygen atoms in total. The molecule has 0 saturated heterocycles. The first-order chi connectivity index (χ1) is 8.68. The van der Waals surface area contributed by atoms with Crippen LogP contribution >= 0.6 is 0 Å². The molecule has 1 aromatic rings. The Bertz CT molecular complexity index is 414. The molecule has 1 aromatic carbocycles. The highest BCUT2D eigenvalue weighted by atomic mass is 16.5. The molecule has 0 aliphatic rings. The van der Waals surface area contributed by atoms with Crippen LogP contribution in [0.4, 0.5) is 4.79 Å². The summed E-state index contributed by atoms with van der Waals surface area (Å²) in [7, 11) is 0. The number of alkyl carbamates (subject to hydrolysis) is 1. The van der Waals surface area contributed by atoms with Crippen molar-refractivity contribution in [3.05, 3.63) is 48.2 Å². The van der Waals surface area contributed by atoms with Gasteiger partial charge >= 0.3 is 12.1 Å². The van der Waals surface area contributed by atoms with E-state index in [4.69, 9.17) is 9.84 Å². The van der Waals surface area contributed by atoms with Crippen molar-refractivity contribution in [1.29, 1.82) is 0 Å². The molecule has 2 N–H and O–H groups in total. The van der Waals surface area contributed by atoms with Gasteiger partial charge in [-0.05, 0) is 12.0 Å². The van der Waals surface area contributed by atoms with Crippen molar-refractivity contribution in [1.82, 2.24) is 5.32 Å². The van der Waals surface area contributed by atoms with Crippen LogP contribution in [0, 0.1) is 0 Å². The van der Waals surface area contributed by atoms with Gasteiger partial charge in [0, 0.05) is 12.6 Å². The van der Waals surface area contributed by atoms with Crippen LogP contribution in [0.1, 0.15) is 18.4 Å². The van der Waals surface area contributed by atoms with E-state index in [1.807, 2.05) is 30.3 Å². The number of hydrogen-bond acceptors (Lipinski definition) is 3. The standard InChI is InChI=1S/C13H15NO4/c15-12(16)8-4-5-9-14-13(17)18-10-11-6-2-1-3-7-11/h1-3,5-7,9H,4,8,10H2,(H,14,17)(H,15,16). The van der Waals surface area contributed by atoms with E-state index in [0.29, 0.717) is 6.42 Å². The third-order valence-electron chi connectivity index (χ3n) is 2.06. The number of carbonyl (C=O) groups is 2. The van der Waals surface area contributed by atoms with Crippen molar-refractivity contribution in [2.24, 2.45) is 0 Å².